The number of carbonyl (C=O) groups excluding carboxylic acids is 3. The van der Waals surface area contributed by atoms with Crippen molar-refractivity contribution in [1.29, 1.82) is 0 Å². The Balaban J connectivity index is 4.05. The lowest BCUT2D eigenvalue weighted by Gasteiger charge is -2.18. The first-order valence-corrected chi connectivity index (χ1v) is 34.1. The van der Waals surface area contributed by atoms with Crippen LogP contribution >= 0.6 is 0 Å². The lowest BCUT2D eigenvalue weighted by atomic mass is 10.0. The molecule has 0 saturated heterocycles. The maximum absolute atomic E-state index is 12.8. The van der Waals surface area contributed by atoms with Crippen LogP contribution in [-0.4, -0.2) is 37.2 Å². The highest BCUT2D eigenvalue weighted by atomic mass is 16.6. The Hall–Kier alpha value is -2.63. The molecule has 0 aliphatic carbocycles. The molecule has 450 valence electrons. The van der Waals surface area contributed by atoms with Gasteiger partial charge in [-0.2, -0.15) is 0 Å². The van der Waals surface area contributed by atoms with Crippen molar-refractivity contribution in [2.75, 3.05) is 13.2 Å². The summed E-state index contributed by atoms with van der Waals surface area (Å²) in [7, 11) is 0. The maximum Gasteiger partial charge on any atom is 0.306 e. The molecular formula is C71H130O6. The molecule has 0 spiro atoms. The monoisotopic (exact) mass is 1080 g/mol. The fourth-order valence-corrected chi connectivity index (χ4v) is 10.2. The van der Waals surface area contributed by atoms with E-state index in [1.54, 1.807) is 0 Å². The third kappa shape index (κ3) is 64.1. The van der Waals surface area contributed by atoms with Gasteiger partial charge in [-0.1, -0.05) is 320 Å². The topological polar surface area (TPSA) is 78.9 Å². The van der Waals surface area contributed by atoms with Crippen LogP contribution in [0.15, 0.2) is 48.6 Å². The lowest BCUT2D eigenvalue weighted by Crippen LogP contribution is -2.30. The zero-order valence-corrected chi connectivity index (χ0v) is 51.7. The molecule has 0 amide bonds. The first kappa shape index (κ1) is 74.4. The number of hydrogen-bond donors (Lipinski definition) is 0. The summed E-state index contributed by atoms with van der Waals surface area (Å²) in [6, 6.07) is 0. The standard InChI is InChI=1S/C71H130O6/c1-4-7-10-13-16-19-22-25-26-27-28-29-30-31-32-33-34-35-36-37-38-39-40-41-42-43-44-47-49-52-55-58-61-64-70(73)76-67-68(77-71(74)65-62-59-56-53-50-46-24-21-18-15-12-9-6-3)66-75-69(72)63-60-57-54-51-48-45-23-20-17-14-11-8-5-2/h9,12,18,20-21,23,46,50,68H,4-8,10-11,13-17,19,22,24-45,47-49,51-67H2,1-3H3/b12-9-,21-18-,23-20-,50-46-. The van der Waals surface area contributed by atoms with Crippen LogP contribution in [0.3, 0.4) is 0 Å². The molecular weight excluding hydrogens is 949 g/mol. The number of esters is 3. The number of rotatable bonds is 63. The van der Waals surface area contributed by atoms with Crippen LogP contribution in [-0.2, 0) is 28.6 Å². The number of carbonyl (C=O) groups is 3. The second kappa shape index (κ2) is 65.9. The minimum absolute atomic E-state index is 0.0845. The van der Waals surface area contributed by atoms with Crippen LogP contribution in [0.1, 0.15) is 367 Å². The van der Waals surface area contributed by atoms with Gasteiger partial charge in [-0.25, -0.2) is 0 Å². The largest absolute Gasteiger partial charge is 0.462 e. The van der Waals surface area contributed by atoms with Crippen LogP contribution < -0.4 is 0 Å². The van der Waals surface area contributed by atoms with Gasteiger partial charge in [0, 0.05) is 19.3 Å². The summed E-state index contributed by atoms with van der Waals surface area (Å²) in [5.74, 6) is -0.906. The minimum Gasteiger partial charge on any atom is -0.462 e. The molecule has 1 unspecified atom stereocenters. The van der Waals surface area contributed by atoms with Crippen molar-refractivity contribution in [2.24, 2.45) is 0 Å². The van der Waals surface area contributed by atoms with Gasteiger partial charge in [0.25, 0.3) is 0 Å². The van der Waals surface area contributed by atoms with Gasteiger partial charge in [-0.15, -0.1) is 0 Å². The van der Waals surface area contributed by atoms with Gasteiger partial charge in [0.1, 0.15) is 13.2 Å². The lowest BCUT2D eigenvalue weighted by molar-refractivity contribution is -0.167. The third-order valence-corrected chi connectivity index (χ3v) is 15.3. The van der Waals surface area contributed by atoms with E-state index in [1.165, 1.54) is 238 Å². The van der Waals surface area contributed by atoms with Gasteiger partial charge in [0.05, 0.1) is 0 Å². The Labute approximate surface area is 479 Å². The molecule has 77 heavy (non-hydrogen) atoms. The van der Waals surface area contributed by atoms with Crippen molar-refractivity contribution in [3.8, 4) is 0 Å². The average Bonchev–Trinajstić information content (AvgIpc) is 3.43. The van der Waals surface area contributed by atoms with Crippen molar-refractivity contribution >= 4 is 17.9 Å². The van der Waals surface area contributed by atoms with Crippen LogP contribution in [0.2, 0.25) is 0 Å². The Morgan fingerprint density at radius 1 is 0.273 bits per heavy atom. The molecule has 0 aliphatic heterocycles. The van der Waals surface area contributed by atoms with E-state index in [1.807, 2.05) is 0 Å². The van der Waals surface area contributed by atoms with E-state index in [0.717, 1.165) is 89.9 Å². The van der Waals surface area contributed by atoms with Crippen molar-refractivity contribution in [3.63, 3.8) is 0 Å². The summed E-state index contributed by atoms with van der Waals surface area (Å²) in [5.41, 5.74) is 0. The van der Waals surface area contributed by atoms with E-state index in [4.69, 9.17) is 14.2 Å². The number of ether oxygens (including phenoxy) is 3. The zero-order chi connectivity index (χ0) is 55.7. The molecule has 6 heteroatoms. The molecule has 0 radical (unpaired) electrons. The van der Waals surface area contributed by atoms with Gasteiger partial charge < -0.3 is 14.2 Å². The molecule has 0 aromatic heterocycles. The zero-order valence-electron chi connectivity index (χ0n) is 51.7. The SMILES string of the molecule is CC/C=C\C/C=C\C/C=C\CCCCCC(=O)OC(COC(=O)CCCCCCC/C=C\CCCCCC)COC(=O)CCCCCCCCCCCCCCCCCCCCCCCCCCCCCCCCCCC. The molecule has 0 aromatic carbocycles. The van der Waals surface area contributed by atoms with Gasteiger partial charge in [-0.3, -0.25) is 14.4 Å². The summed E-state index contributed by atoms with van der Waals surface area (Å²) >= 11 is 0. The van der Waals surface area contributed by atoms with Crippen molar-refractivity contribution in [3.05, 3.63) is 48.6 Å². The molecule has 0 N–H and O–H groups in total. The van der Waals surface area contributed by atoms with E-state index >= 15 is 0 Å². The molecule has 0 heterocycles. The first-order valence-electron chi connectivity index (χ1n) is 34.1. The summed E-state index contributed by atoms with van der Waals surface area (Å²) in [6.45, 7) is 6.53. The fraction of sp³-hybridized carbons (Fsp3) is 0.845. The summed E-state index contributed by atoms with van der Waals surface area (Å²) in [5, 5.41) is 0. The predicted molar refractivity (Wildman–Crippen MR) is 335 cm³/mol. The van der Waals surface area contributed by atoms with Gasteiger partial charge >= 0.3 is 17.9 Å². The van der Waals surface area contributed by atoms with Crippen molar-refractivity contribution in [2.45, 2.75) is 374 Å². The molecule has 0 fully saturated rings. The normalized spacial score (nSPS) is 12.3. The van der Waals surface area contributed by atoms with Crippen LogP contribution in [0.25, 0.3) is 0 Å². The maximum atomic E-state index is 12.8. The third-order valence-electron chi connectivity index (χ3n) is 15.3. The Kier molecular flexibility index (Phi) is 63.6. The summed E-state index contributed by atoms with van der Waals surface area (Å²) in [6.07, 6.45) is 83.1. The molecule has 0 bridgehead atoms. The molecule has 0 rings (SSSR count). The molecule has 6 nitrogen and oxygen atoms in total. The van der Waals surface area contributed by atoms with Gasteiger partial charge in [-0.05, 0) is 77.0 Å². The van der Waals surface area contributed by atoms with Gasteiger partial charge in [0.2, 0.25) is 0 Å². The van der Waals surface area contributed by atoms with Gasteiger partial charge in [0.15, 0.2) is 6.10 Å². The Morgan fingerprint density at radius 3 is 0.831 bits per heavy atom. The van der Waals surface area contributed by atoms with E-state index < -0.39 is 6.10 Å². The van der Waals surface area contributed by atoms with Crippen LogP contribution in [0.5, 0.6) is 0 Å². The second-order valence-electron chi connectivity index (χ2n) is 23.1. The van der Waals surface area contributed by atoms with E-state index in [9.17, 15) is 14.4 Å². The summed E-state index contributed by atoms with van der Waals surface area (Å²) < 4.78 is 16.9. The van der Waals surface area contributed by atoms with Crippen molar-refractivity contribution < 1.29 is 28.6 Å². The quantitative estimate of drug-likeness (QED) is 0.0261. The first-order chi connectivity index (χ1) is 38.0. The molecule has 0 aromatic rings. The molecule has 0 aliphatic rings. The smallest absolute Gasteiger partial charge is 0.306 e. The number of hydrogen-bond acceptors (Lipinski definition) is 6. The molecule has 0 saturated carbocycles. The number of allylic oxidation sites excluding steroid dienone is 8. The number of unbranched alkanes of at least 4 members (excludes halogenated alkanes) is 44. The minimum atomic E-state index is -0.790. The fourth-order valence-electron chi connectivity index (χ4n) is 10.2. The van der Waals surface area contributed by atoms with Crippen LogP contribution in [0.4, 0.5) is 0 Å². The average molecular weight is 1080 g/mol. The Bertz CT molecular complexity index is 1330. The second-order valence-corrected chi connectivity index (χ2v) is 23.1. The van der Waals surface area contributed by atoms with E-state index in [0.29, 0.717) is 19.3 Å². The predicted octanol–water partition coefficient (Wildman–Crippen LogP) is 23.3. The Morgan fingerprint density at radius 2 is 0.506 bits per heavy atom. The van der Waals surface area contributed by atoms with Crippen molar-refractivity contribution in [1.82, 2.24) is 0 Å². The van der Waals surface area contributed by atoms with E-state index in [2.05, 4.69) is 69.4 Å². The van der Waals surface area contributed by atoms with Crippen LogP contribution in [0, 0.1) is 0 Å². The highest BCUT2D eigenvalue weighted by Gasteiger charge is 2.19. The van der Waals surface area contributed by atoms with E-state index in [-0.39, 0.29) is 31.1 Å². The highest BCUT2D eigenvalue weighted by Crippen LogP contribution is 2.18. The highest BCUT2D eigenvalue weighted by molar-refractivity contribution is 5.71. The molecule has 1 atom stereocenters. The summed E-state index contributed by atoms with van der Waals surface area (Å²) in [4.78, 5) is 38.2.